The molecular formula is C11H11ClN4O. The van der Waals surface area contributed by atoms with Gasteiger partial charge in [-0.05, 0) is 6.07 Å². The van der Waals surface area contributed by atoms with E-state index in [2.05, 4.69) is 10.1 Å². The van der Waals surface area contributed by atoms with Crippen molar-refractivity contribution in [3.8, 4) is 0 Å². The number of fused-ring (bicyclic) bond motifs is 1. The first-order valence-corrected chi connectivity index (χ1v) is 5.66. The molecule has 0 saturated heterocycles. The van der Waals surface area contributed by atoms with Gasteiger partial charge in [-0.15, -0.1) is 0 Å². The predicted molar refractivity (Wildman–Crippen MR) is 62.6 cm³/mol. The van der Waals surface area contributed by atoms with Gasteiger partial charge in [0, 0.05) is 25.4 Å². The Labute approximate surface area is 103 Å². The molecule has 0 spiro atoms. The van der Waals surface area contributed by atoms with Gasteiger partial charge in [-0.2, -0.15) is 5.10 Å². The minimum absolute atomic E-state index is 0.0342. The third-order valence-corrected chi connectivity index (χ3v) is 3.23. The number of nitrogens with one attached hydrogen (secondary N) is 1. The Balaban J connectivity index is 1.83. The lowest BCUT2D eigenvalue weighted by Gasteiger charge is -2.14. The number of amides is 1. The molecule has 0 aliphatic carbocycles. The average molecular weight is 251 g/mol. The number of halogens is 1. The number of hydrogen-bond donors (Lipinski definition) is 1. The lowest BCUT2D eigenvalue weighted by molar-refractivity contribution is 0.0743. The topological polar surface area (TPSA) is 53.9 Å². The maximum Gasteiger partial charge on any atom is 0.270 e. The largest absolute Gasteiger partial charge is 0.356 e. The number of aromatic nitrogens is 3. The molecule has 17 heavy (non-hydrogen) atoms. The van der Waals surface area contributed by atoms with Gasteiger partial charge in [0.05, 0.1) is 23.5 Å². The highest BCUT2D eigenvalue weighted by Crippen LogP contribution is 2.23. The lowest BCUT2D eigenvalue weighted by Crippen LogP contribution is -2.26. The molecule has 0 aromatic carbocycles. The molecule has 3 heterocycles. The summed E-state index contributed by atoms with van der Waals surface area (Å²) in [6.45, 7) is 1.21. The van der Waals surface area contributed by atoms with Gasteiger partial charge in [-0.3, -0.25) is 9.48 Å². The highest BCUT2D eigenvalue weighted by atomic mass is 35.5. The van der Waals surface area contributed by atoms with Crippen molar-refractivity contribution in [3.63, 3.8) is 0 Å². The van der Waals surface area contributed by atoms with Gasteiger partial charge >= 0.3 is 0 Å². The van der Waals surface area contributed by atoms with Crippen molar-refractivity contribution >= 4 is 17.5 Å². The van der Waals surface area contributed by atoms with E-state index in [1.54, 1.807) is 17.2 Å². The van der Waals surface area contributed by atoms with E-state index in [1.807, 2.05) is 17.9 Å². The first kappa shape index (κ1) is 10.4. The zero-order valence-corrected chi connectivity index (χ0v) is 10.0. The van der Waals surface area contributed by atoms with Gasteiger partial charge in [-0.1, -0.05) is 11.6 Å². The Hall–Kier alpha value is -1.75. The van der Waals surface area contributed by atoms with Gasteiger partial charge in [-0.25, -0.2) is 0 Å². The van der Waals surface area contributed by atoms with Crippen molar-refractivity contribution in [2.75, 3.05) is 0 Å². The monoisotopic (exact) mass is 250 g/mol. The molecule has 2 aromatic heterocycles. The number of H-pyrrole nitrogens is 1. The molecule has 2 aromatic rings. The van der Waals surface area contributed by atoms with E-state index in [0.717, 1.165) is 11.3 Å². The first-order chi connectivity index (χ1) is 8.15. The standard InChI is InChI=1S/C11H11ClN4O/c1-15-10-6-16(5-7(10)3-14-15)11(17)9-2-8(12)4-13-9/h2-4,13H,5-6H2,1H3. The van der Waals surface area contributed by atoms with Crippen LogP contribution < -0.4 is 0 Å². The van der Waals surface area contributed by atoms with Crippen molar-refractivity contribution in [3.05, 3.63) is 40.4 Å². The smallest absolute Gasteiger partial charge is 0.270 e. The minimum Gasteiger partial charge on any atom is -0.356 e. The van der Waals surface area contributed by atoms with Crippen LogP contribution in [0.1, 0.15) is 21.7 Å². The van der Waals surface area contributed by atoms with Crippen LogP contribution >= 0.6 is 11.6 Å². The third kappa shape index (κ3) is 1.63. The number of aromatic amines is 1. The van der Waals surface area contributed by atoms with Gasteiger partial charge in [0.15, 0.2) is 0 Å². The van der Waals surface area contributed by atoms with Crippen LogP contribution in [-0.2, 0) is 20.1 Å². The summed E-state index contributed by atoms with van der Waals surface area (Å²) >= 11 is 5.79. The normalized spacial score (nSPS) is 14.1. The molecule has 1 aliphatic rings. The Morgan fingerprint density at radius 2 is 2.35 bits per heavy atom. The van der Waals surface area contributed by atoms with E-state index in [1.165, 1.54) is 0 Å². The highest BCUT2D eigenvalue weighted by molar-refractivity contribution is 6.30. The summed E-state index contributed by atoms with van der Waals surface area (Å²) in [4.78, 5) is 16.8. The Morgan fingerprint density at radius 3 is 3.00 bits per heavy atom. The summed E-state index contributed by atoms with van der Waals surface area (Å²) in [7, 11) is 1.89. The molecule has 0 atom stereocenters. The summed E-state index contributed by atoms with van der Waals surface area (Å²) in [6.07, 6.45) is 3.42. The van der Waals surface area contributed by atoms with Crippen molar-refractivity contribution < 1.29 is 4.79 Å². The molecule has 0 fully saturated rings. The SMILES string of the molecule is Cn1ncc2c1CN(C(=O)c1cc(Cl)c[nH]1)C2. The maximum atomic E-state index is 12.1. The fourth-order valence-electron chi connectivity index (χ4n) is 2.09. The van der Waals surface area contributed by atoms with E-state index in [4.69, 9.17) is 11.6 Å². The molecule has 3 rings (SSSR count). The molecule has 1 aliphatic heterocycles. The molecule has 88 valence electrons. The third-order valence-electron chi connectivity index (χ3n) is 3.02. The summed E-state index contributed by atoms with van der Waals surface area (Å²) in [5, 5.41) is 4.71. The molecule has 1 amide bonds. The Morgan fingerprint density at radius 1 is 1.53 bits per heavy atom. The lowest BCUT2D eigenvalue weighted by atomic mass is 10.3. The van der Waals surface area contributed by atoms with Crippen LogP contribution in [-0.4, -0.2) is 25.6 Å². The molecule has 1 N–H and O–H groups in total. The summed E-state index contributed by atoms with van der Waals surface area (Å²) in [6, 6.07) is 1.64. The van der Waals surface area contributed by atoms with Crippen molar-refractivity contribution in [2.45, 2.75) is 13.1 Å². The second kappa shape index (κ2) is 3.63. The predicted octanol–water partition coefficient (Wildman–Crippen LogP) is 1.56. The molecule has 0 radical (unpaired) electrons. The van der Waals surface area contributed by atoms with Crippen LogP contribution in [0, 0.1) is 0 Å². The van der Waals surface area contributed by atoms with Gasteiger partial charge in [0.2, 0.25) is 0 Å². The van der Waals surface area contributed by atoms with Gasteiger partial charge in [0.25, 0.3) is 5.91 Å². The molecule has 5 nitrogen and oxygen atoms in total. The van der Waals surface area contributed by atoms with Crippen LogP contribution in [0.5, 0.6) is 0 Å². The average Bonchev–Trinajstić information content (AvgIpc) is 2.96. The van der Waals surface area contributed by atoms with Crippen molar-refractivity contribution in [2.24, 2.45) is 7.05 Å². The highest BCUT2D eigenvalue weighted by Gasteiger charge is 2.27. The van der Waals surface area contributed by atoms with Crippen LogP contribution in [0.3, 0.4) is 0 Å². The van der Waals surface area contributed by atoms with Gasteiger partial charge in [0.1, 0.15) is 5.69 Å². The van der Waals surface area contributed by atoms with Crippen LogP contribution in [0.25, 0.3) is 0 Å². The van der Waals surface area contributed by atoms with Crippen molar-refractivity contribution in [1.82, 2.24) is 19.7 Å². The first-order valence-electron chi connectivity index (χ1n) is 5.28. The summed E-state index contributed by atoms with van der Waals surface area (Å²) < 4.78 is 1.81. The van der Waals surface area contributed by atoms with E-state index in [0.29, 0.717) is 23.8 Å². The Kier molecular flexibility index (Phi) is 2.22. The van der Waals surface area contributed by atoms with E-state index < -0.39 is 0 Å². The number of carbonyl (C=O) groups is 1. The number of hydrogen-bond acceptors (Lipinski definition) is 2. The zero-order chi connectivity index (χ0) is 12.0. The fourth-order valence-corrected chi connectivity index (χ4v) is 2.26. The number of rotatable bonds is 1. The molecular weight excluding hydrogens is 240 g/mol. The van der Waals surface area contributed by atoms with Crippen LogP contribution in [0.15, 0.2) is 18.5 Å². The quantitative estimate of drug-likeness (QED) is 0.835. The molecule has 0 unspecified atom stereocenters. The van der Waals surface area contributed by atoms with E-state index in [-0.39, 0.29) is 5.91 Å². The minimum atomic E-state index is -0.0342. The Bertz CT molecular complexity index is 586. The fraction of sp³-hybridized carbons (Fsp3) is 0.273. The van der Waals surface area contributed by atoms with E-state index >= 15 is 0 Å². The molecule has 6 heteroatoms. The number of aryl methyl sites for hydroxylation is 1. The summed E-state index contributed by atoms with van der Waals surface area (Å²) in [5.74, 6) is -0.0342. The number of nitrogens with zero attached hydrogens (tertiary/aromatic N) is 3. The van der Waals surface area contributed by atoms with Crippen LogP contribution in [0.2, 0.25) is 5.02 Å². The van der Waals surface area contributed by atoms with Crippen LogP contribution in [0.4, 0.5) is 0 Å². The number of carbonyl (C=O) groups excluding carboxylic acids is 1. The second-order valence-corrected chi connectivity index (χ2v) is 4.57. The summed E-state index contributed by atoms with van der Waals surface area (Å²) in [5.41, 5.74) is 2.73. The zero-order valence-electron chi connectivity index (χ0n) is 9.27. The molecule has 0 bridgehead atoms. The van der Waals surface area contributed by atoms with Crippen molar-refractivity contribution in [1.29, 1.82) is 0 Å². The molecule has 0 saturated carbocycles. The van der Waals surface area contributed by atoms with E-state index in [9.17, 15) is 4.79 Å². The second-order valence-electron chi connectivity index (χ2n) is 4.13. The van der Waals surface area contributed by atoms with Gasteiger partial charge < -0.3 is 9.88 Å². The maximum absolute atomic E-state index is 12.1.